The lowest BCUT2D eigenvalue weighted by atomic mass is 9.51. The van der Waals surface area contributed by atoms with Crippen molar-refractivity contribution in [1.29, 1.82) is 0 Å². The fourth-order valence-corrected chi connectivity index (χ4v) is 14.0. The number of thiophene rings is 1. The molecule has 2 spiro atoms. The van der Waals surface area contributed by atoms with Crippen molar-refractivity contribution >= 4 is 56.1 Å². The van der Waals surface area contributed by atoms with E-state index in [1.54, 1.807) is 0 Å². The third-order valence-electron chi connectivity index (χ3n) is 16.0. The van der Waals surface area contributed by atoms with E-state index in [1.807, 2.05) is 29.6 Å². The summed E-state index contributed by atoms with van der Waals surface area (Å²) in [7, 11) is 0. The molecule has 0 unspecified atom stereocenters. The van der Waals surface area contributed by atoms with Gasteiger partial charge in [0.05, 0.1) is 23.1 Å². The Hall–Kier alpha value is -8.69. The highest BCUT2D eigenvalue weighted by molar-refractivity contribution is 7.20. The second-order valence-electron chi connectivity index (χ2n) is 19.8. The van der Waals surface area contributed by atoms with Crippen molar-refractivity contribution in [3.05, 3.63) is 327 Å². The number of nitrogens with zero attached hydrogens (tertiary/aromatic N) is 1. The van der Waals surface area contributed by atoms with Crippen molar-refractivity contribution < 1.29 is 0 Å². The topological polar surface area (TPSA) is 12.4 Å². The lowest BCUT2D eigenvalue weighted by molar-refractivity contribution is 0.627. The molecule has 0 aliphatic heterocycles. The van der Waals surface area contributed by atoms with Gasteiger partial charge in [-0.05, 0) is 151 Å². The number of hydrogen-bond acceptors (Lipinski definition) is 2. The zero-order chi connectivity index (χ0) is 51.3. The SMILES string of the molecule is C=C/C=C\C1=C(C)C(C)=C(/C=C\C=C)C12c1ccccc1C1(c3ccc(-c4cccc(C(/C=C\c5ccc6ccccc6c5)=NCc5ccccc5)c4)cc3-c3c1ccc1c(C=C)c(/C=C\C)sc31)c1ccccc12. The van der Waals surface area contributed by atoms with Crippen molar-refractivity contribution in [2.45, 2.75) is 38.1 Å². The molecule has 9 aromatic rings. The van der Waals surface area contributed by atoms with Crippen molar-refractivity contribution in [1.82, 2.24) is 0 Å². The minimum atomic E-state index is -0.646. The first-order chi connectivity index (χ1) is 36.9. The number of allylic oxidation sites excluding steroid dienone is 12. The minimum absolute atomic E-state index is 0.575. The van der Waals surface area contributed by atoms with Gasteiger partial charge in [-0.2, -0.15) is 0 Å². The van der Waals surface area contributed by atoms with Crippen LogP contribution in [0.4, 0.5) is 0 Å². The van der Waals surface area contributed by atoms with Gasteiger partial charge in [0, 0.05) is 26.1 Å². The van der Waals surface area contributed by atoms with Crippen LogP contribution in [0.15, 0.2) is 272 Å². The van der Waals surface area contributed by atoms with Crippen LogP contribution in [0, 0.1) is 0 Å². The largest absolute Gasteiger partial charge is 0.280 e. The van der Waals surface area contributed by atoms with Gasteiger partial charge in [-0.25, -0.2) is 0 Å². The Morgan fingerprint density at radius 2 is 1.17 bits per heavy atom. The molecule has 12 rings (SSSR count). The molecule has 0 amide bonds. The first-order valence-electron chi connectivity index (χ1n) is 25.9. The average Bonchev–Trinajstić information content (AvgIpc) is 4.25. The number of rotatable bonds is 12. The van der Waals surface area contributed by atoms with Crippen LogP contribution >= 0.6 is 11.3 Å². The van der Waals surface area contributed by atoms with E-state index in [-0.39, 0.29) is 0 Å². The summed E-state index contributed by atoms with van der Waals surface area (Å²) in [5.41, 5.74) is 21.9. The second kappa shape index (κ2) is 19.3. The lowest BCUT2D eigenvalue weighted by Gasteiger charge is -2.49. The smallest absolute Gasteiger partial charge is 0.0720 e. The first kappa shape index (κ1) is 47.3. The van der Waals surface area contributed by atoms with Gasteiger partial charge in [0.15, 0.2) is 0 Å². The Balaban J connectivity index is 1.09. The van der Waals surface area contributed by atoms with E-state index < -0.39 is 10.8 Å². The normalized spacial score (nSPS) is 15.3. The Morgan fingerprint density at radius 1 is 0.547 bits per heavy atom. The van der Waals surface area contributed by atoms with Crippen molar-refractivity contribution in [3.8, 4) is 22.3 Å². The van der Waals surface area contributed by atoms with Gasteiger partial charge in [-0.3, -0.25) is 4.99 Å². The zero-order valence-electron chi connectivity index (χ0n) is 42.8. The highest BCUT2D eigenvalue weighted by Crippen LogP contribution is 2.68. The van der Waals surface area contributed by atoms with Crippen molar-refractivity contribution in [2.75, 3.05) is 0 Å². The highest BCUT2D eigenvalue weighted by Gasteiger charge is 2.59. The van der Waals surface area contributed by atoms with Crippen LogP contribution in [0.5, 0.6) is 0 Å². The molecule has 0 fully saturated rings. The van der Waals surface area contributed by atoms with Gasteiger partial charge in [-0.15, -0.1) is 11.3 Å². The van der Waals surface area contributed by atoms with E-state index in [0.717, 1.165) is 28.0 Å². The third kappa shape index (κ3) is 7.38. The summed E-state index contributed by atoms with van der Waals surface area (Å²) in [6.07, 6.45) is 23.4. The Kier molecular flexibility index (Phi) is 12.2. The van der Waals surface area contributed by atoms with Crippen LogP contribution in [0.2, 0.25) is 0 Å². The molecule has 8 aromatic carbocycles. The molecule has 1 nitrogen and oxygen atoms in total. The maximum atomic E-state index is 5.31. The summed E-state index contributed by atoms with van der Waals surface area (Å²) in [5.74, 6) is 0. The van der Waals surface area contributed by atoms with Gasteiger partial charge in [-0.1, -0.05) is 232 Å². The molecule has 1 aromatic heterocycles. The Morgan fingerprint density at radius 3 is 1.84 bits per heavy atom. The maximum absolute atomic E-state index is 5.31. The Labute approximate surface area is 446 Å². The fraction of sp³-hybridized carbons (Fsp3) is 0.0822. The van der Waals surface area contributed by atoms with E-state index in [0.29, 0.717) is 6.54 Å². The number of fused-ring (bicyclic) bond motifs is 14. The maximum Gasteiger partial charge on any atom is 0.0720 e. The standard InChI is InChI=1S/C73H57NS/c1-7-11-30-60-48(5)49(6)61(31-12-8-2)72(60)63-32-18-20-34-65(63)73(66-35-21-19-33-64(66)72)62-41-39-55(46-59(62)70-67(73)42-40-58-57(10-4)69(23-9-3)75-71(58)70)54-28-22-29-56(45-54)68(74-47-51-24-14-13-15-25-51)43-37-50-36-38-52-26-16-17-27-53(52)44-50/h7-46H,1-2,4,47H2,3,5-6H3/b23-9-,30-11-,31-12-,43-37-,74-68?. The second-order valence-corrected chi connectivity index (χ2v) is 20.8. The molecule has 2 heteroatoms. The van der Waals surface area contributed by atoms with E-state index in [2.05, 4.69) is 265 Å². The van der Waals surface area contributed by atoms with Crippen LogP contribution in [-0.2, 0) is 17.4 Å². The molecule has 0 N–H and O–H groups in total. The minimum Gasteiger partial charge on any atom is -0.280 e. The molecule has 75 heavy (non-hydrogen) atoms. The molecule has 3 aliphatic rings. The van der Waals surface area contributed by atoms with E-state index in [9.17, 15) is 0 Å². The number of hydrogen-bond donors (Lipinski definition) is 0. The molecule has 360 valence electrons. The van der Waals surface area contributed by atoms with Crippen LogP contribution in [-0.4, -0.2) is 5.71 Å². The van der Waals surface area contributed by atoms with Gasteiger partial charge in [0.1, 0.15) is 0 Å². The van der Waals surface area contributed by atoms with Crippen LogP contribution < -0.4 is 0 Å². The molecule has 1 heterocycles. The number of aliphatic imine (C=N–C) groups is 1. The molecule has 0 saturated heterocycles. The molecular formula is C73H57NS. The quantitative estimate of drug-likeness (QED) is 0.0854. The van der Waals surface area contributed by atoms with Gasteiger partial charge in [0.2, 0.25) is 0 Å². The predicted octanol–water partition coefficient (Wildman–Crippen LogP) is 19.2. The highest BCUT2D eigenvalue weighted by atomic mass is 32.1. The third-order valence-corrected chi connectivity index (χ3v) is 17.2. The van der Waals surface area contributed by atoms with E-state index in [1.165, 1.54) is 104 Å². The summed E-state index contributed by atoms with van der Waals surface area (Å²) in [6, 6.07) is 65.3. The molecule has 0 saturated carbocycles. The van der Waals surface area contributed by atoms with E-state index in [4.69, 9.17) is 4.99 Å². The molecule has 0 atom stereocenters. The van der Waals surface area contributed by atoms with Crippen LogP contribution in [0.25, 0.3) is 61.3 Å². The number of benzene rings is 8. The summed E-state index contributed by atoms with van der Waals surface area (Å²) in [6.45, 7) is 19.9. The van der Waals surface area contributed by atoms with E-state index >= 15 is 0 Å². The van der Waals surface area contributed by atoms with Gasteiger partial charge < -0.3 is 0 Å². The van der Waals surface area contributed by atoms with Crippen molar-refractivity contribution in [3.63, 3.8) is 0 Å². The molecular weight excluding hydrogens is 923 g/mol. The molecule has 3 aliphatic carbocycles. The van der Waals surface area contributed by atoms with Crippen molar-refractivity contribution in [2.24, 2.45) is 4.99 Å². The molecule has 0 bridgehead atoms. The average molecular weight is 980 g/mol. The monoisotopic (exact) mass is 979 g/mol. The predicted molar refractivity (Wildman–Crippen MR) is 324 cm³/mol. The molecule has 0 radical (unpaired) electrons. The fourth-order valence-electron chi connectivity index (χ4n) is 12.7. The Bertz CT molecular complexity index is 3970. The van der Waals surface area contributed by atoms with Gasteiger partial charge in [0.25, 0.3) is 0 Å². The first-order valence-corrected chi connectivity index (χ1v) is 26.8. The zero-order valence-corrected chi connectivity index (χ0v) is 43.6. The van der Waals surface area contributed by atoms with Crippen LogP contribution in [0.1, 0.15) is 81.3 Å². The van der Waals surface area contributed by atoms with Gasteiger partial charge >= 0.3 is 0 Å². The summed E-state index contributed by atoms with van der Waals surface area (Å²) in [5, 5.41) is 3.68. The summed E-state index contributed by atoms with van der Waals surface area (Å²) < 4.78 is 1.28. The summed E-state index contributed by atoms with van der Waals surface area (Å²) >= 11 is 1.87. The van der Waals surface area contributed by atoms with Crippen LogP contribution in [0.3, 0.4) is 0 Å². The lowest BCUT2D eigenvalue weighted by Crippen LogP contribution is -2.44. The summed E-state index contributed by atoms with van der Waals surface area (Å²) in [4.78, 5) is 6.52.